The summed E-state index contributed by atoms with van der Waals surface area (Å²) in [4.78, 5) is 13.8. The van der Waals surface area contributed by atoms with Crippen LogP contribution in [0.15, 0.2) is 0 Å². The molecule has 1 amide bonds. The summed E-state index contributed by atoms with van der Waals surface area (Å²) in [5.74, 6) is 2.14. The van der Waals surface area contributed by atoms with Gasteiger partial charge < -0.3 is 4.90 Å². The Kier molecular flexibility index (Phi) is 5.44. The van der Waals surface area contributed by atoms with Gasteiger partial charge >= 0.3 is 0 Å². The zero-order valence-electron chi connectivity index (χ0n) is 9.84. The van der Waals surface area contributed by atoms with E-state index in [0.717, 1.165) is 25.9 Å². The molecule has 1 rings (SSSR count). The van der Waals surface area contributed by atoms with Gasteiger partial charge in [0.1, 0.15) is 0 Å². The number of nitrogens with zero attached hydrogens (tertiary/aromatic N) is 1. The molecule has 3 heteroatoms. The van der Waals surface area contributed by atoms with Crippen molar-refractivity contribution in [1.29, 1.82) is 0 Å². The first kappa shape index (κ1) is 12.8. The molecule has 1 aliphatic rings. The van der Waals surface area contributed by atoms with Gasteiger partial charge in [-0.05, 0) is 31.1 Å². The zero-order valence-corrected chi connectivity index (χ0v) is 10.6. The molecule has 2 nitrogen and oxygen atoms in total. The van der Waals surface area contributed by atoms with Crippen LogP contribution in [-0.2, 0) is 4.79 Å². The Balaban J connectivity index is 2.32. The van der Waals surface area contributed by atoms with Gasteiger partial charge in [0.15, 0.2) is 0 Å². The Morgan fingerprint density at radius 2 is 2.27 bits per heavy atom. The minimum absolute atomic E-state index is 0.318. The molecule has 1 aliphatic heterocycles. The van der Waals surface area contributed by atoms with E-state index < -0.39 is 0 Å². The first-order valence-corrected chi connectivity index (χ1v) is 6.50. The topological polar surface area (TPSA) is 20.3 Å². The van der Waals surface area contributed by atoms with E-state index >= 15 is 0 Å². The number of hydrogen-bond acceptors (Lipinski definition) is 1. The molecule has 0 N–H and O–H groups in total. The van der Waals surface area contributed by atoms with Crippen molar-refractivity contribution in [3.63, 3.8) is 0 Å². The summed E-state index contributed by atoms with van der Waals surface area (Å²) in [6.45, 7) is 6.13. The van der Waals surface area contributed by atoms with Crippen LogP contribution < -0.4 is 0 Å². The average molecular weight is 232 g/mol. The number of hydrogen-bond donors (Lipinski definition) is 0. The molecule has 1 atom stereocenters. The van der Waals surface area contributed by atoms with Crippen molar-refractivity contribution in [3.8, 4) is 0 Å². The molecule has 1 saturated heterocycles. The number of rotatable bonds is 4. The first-order valence-electron chi connectivity index (χ1n) is 5.97. The normalized spacial score (nSPS) is 22.1. The number of piperidine rings is 1. The van der Waals surface area contributed by atoms with Crippen molar-refractivity contribution < 1.29 is 4.79 Å². The van der Waals surface area contributed by atoms with Gasteiger partial charge in [-0.2, -0.15) is 0 Å². The summed E-state index contributed by atoms with van der Waals surface area (Å²) < 4.78 is 0. The monoisotopic (exact) mass is 231 g/mol. The van der Waals surface area contributed by atoms with Crippen LogP contribution >= 0.6 is 11.6 Å². The molecular formula is C12H22ClNO. The Hall–Kier alpha value is -0.240. The fraction of sp³-hybridized carbons (Fsp3) is 0.917. The average Bonchev–Trinajstić information content (AvgIpc) is 2.26. The summed E-state index contributed by atoms with van der Waals surface area (Å²) in [6.07, 6.45) is 4.00. The first-order chi connectivity index (χ1) is 7.13. The lowest BCUT2D eigenvalue weighted by Crippen LogP contribution is -2.40. The van der Waals surface area contributed by atoms with Crippen LogP contribution in [0.25, 0.3) is 0 Å². The second-order valence-corrected chi connectivity index (χ2v) is 5.24. The van der Waals surface area contributed by atoms with E-state index in [0.29, 0.717) is 30.0 Å². The van der Waals surface area contributed by atoms with E-state index in [1.54, 1.807) is 0 Å². The second-order valence-electron chi connectivity index (χ2n) is 4.93. The van der Waals surface area contributed by atoms with Crippen LogP contribution in [0.1, 0.15) is 39.5 Å². The van der Waals surface area contributed by atoms with E-state index in [1.807, 2.05) is 4.90 Å². The van der Waals surface area contributed by atoms with E-state index in [9.17, 15) is 4.79 Å². The summed E-state index contributed by atoms with van der Waals surface area (Å²) in [5.41, 5.74) is 0. The van der Waals surface area contributed by atoms with Crippen LogP contribution in [0.3, 0.4) is 0 Å². The zero-order chi connectivity index (χ0) is 11.3. The van der Waals surface area contributed by atoms with Gasteiger partial charge in [-0.25, -0.2) is 0 Å². The van der Waals surface area contributed by atoms with E-state index in [1.165, 1.54) is 6.42 Å². The van der Waals surface area contributed by atoms with Crippen molar-refractivity contribution in [2.75, 3.05) is 19.0 Å². The second kappa shape index (κ2) is 6.37. The fourth-order valence-corrected chi connectivity index (χ4v) is 2.24. The molecule has 0 aromatic rings. The summed E-state index contributed by atoms with van der Waals surface area (Å²) >= 11 is 5.84. The van der Waals surface area contributed by atoms with Crippen LogP contribution in [0, 0.1) is 11.8 Å². The Morgan fingerprint density at radius 3 is 2.87 bits per heavy atom. The number of carbonyl (C=O) groups is 1. The van der Waals surface area contributed by atoms with Gasteiger partial charge in [0, 0.05) is 25.4 Å². The lowest BCUT2D eigenvalue weighted by Gasteiger charge is -2.32. The van der Waals surface area contributed by atoms with Crippen LogP contribution in [0.2, 0.25) is 0 Å². The molecule has 0 aliphatic carbocycles. The number of amides is 1. The van der Waals surface area contributed by atoms with Crippen LogP contribution in [0.5, 0.6) is 0 Å². The maximum atomic E-state index is 11.8. The van der Waals surface area contributed by atoms with Gasteiger partial charge in [0.25, 0.3) is 0 Å². The van der Waals surface area contributed by atoms with E-state index in [2.05, 4.69) is 13.8 Å². The molecule has 15 heavy (non-hydrogen) atoms. The molecule has 0 spiro atoms. The van der Waals surface area contributed by atoms with Crippen molar-refractivity contribution in [2.45, 2.75) is 39.5 Å². The highest BCUT2D eigenvalue weighted by Gasteiger charge is 2.22. The molecule has 1 heterocycles. The molecule has 0 radical (unpaired) electrons. The lowest BCUT2D eigenvalue weighted by atomic mass is 9.99. The largest absolute Gasteiger partial charge is 0.342 e. The molecular weight excluding hydrogens is 210 g/mol. The SMILES string of the molecule is CC(C)CCC(=O)N1CCCC(CCl)C1. The number of alkyl halides is 1. The molecule has 1 unspecified atom stereocenters. The van der Waals surface area contributed by atoms with Gasteiger partial charge in [0.2, 0.25) is 5.91 Å². The van der Waals surface area contributed by atoms with Gasteiger partial charge in [-0.3, -0.25) is 4.79 Å². The van der Waals surface area contributed by atoms with Crippen molar-refractivity contribution in [1.82, 2.24) is 4.90 Å². The third-order valence-corrected chi connectivity index (χ3v) is 3.46. The molecule has 0 bridgehead atoms. The minimum Gasteiger partial charge on any atom is -0.342 e. The fourth-order valence-electron chi connectivity index (χ4n) is 1.99. The predicted octanol–water partition coefficient (Wildman–Crippen LogP) is 2.90. The third kappa shape index (κ3) is 4.42. The van der Waals surface area contributed by atoms with Crippen molar-refractivity contribution >= 4 is 17.5 Å². The molecule has 0 aromatic heterocycles. The maximum Gasteiger partial charge on any atom is 0.222 e. The van der Waals surface area contributed by atoms with E-state index in [-0.39, 0.29) is 0 Å². The smallest absolute Gasteiger partial charge is 0.222 e. The Morgan fingerprint density at radius 1 is 1.53 bits per heavy atom. The molecule has 88 valence electrons. The highest BCUT2D eigenvalue weighted by Crippen LogP contribution is 2.19. The highest BCUT2D eigenvalue weighted by atomic mass is 35.5. The highest BCUT2D eigenvalue weighted by molar-refractivity contribution is 6.18. The predicted molar refractivity (Wildman–Crippen MR) is 64.1 cm³/mol. The van der Waals surface area contributed by atoms with Gasteiger partial charge in [0.05, 0.1) is 0 Å². The Bertz CT molecular complexity index is 206. The maximum absolute atomic E-state index is 11.8. The summed E-state index contributed by atoms with van der Waals surface area (Å²) in [5, 5.41) is 0. The number of likely N-dealkylation sites (tertiary alicyclic amines) is 1. The van der Waals surface area contributed by atoms with Crippen molar-refractivity contribution in [3.05, 3.63) is 0 Å². The lowest BCUT2D eigenvalue weighted by molar-refractivity contribution is -0.133. The quantitative estimate of drug-likeness (QED) is 0.682. The van der Waals surface area contributed by atoms with Crippen molar-refractivity contribution in [2.24, 2.45) is 11.8 Å². The minimum atomic E-state index is 0.318. The standard InChI is InChI=1S/C12H22ClNO/c1-10(2)5-6-12(15)14-7-3-4-11(8-13)9-14/h10-11H,3-9H2,1-2H3. The molecule has 0 saturated carbocycles. The summed E-state index contributed by atoms with van der Waals surface area (Å²) in [7, 11) is 0. The number of carbonyl (C=O) groups excluding carboxylic acids is 1. The van der Waals surface area contributed by atoms with Crippen LogP contribution in [-0.4, -0.2) is 29.8 Å². The van der Waals surface area contributed by atoms with Gasteiger partial charge in [-0.15, -0.1) is 11.6 Å². The molecule has 1 fully saturated rings. The summed E-state index contributed by atoms with van der Waals surface area (Å²) in [6, 6.07) is 0. The van der Waals surface area contributed by atoms with E-state index in [4.69, 9.17) is 11.6 Å². The number of halogens is 1. The Labute approximate surface area is 98.0 Å². The van der Waals surface area contributed by atoms with Gasteiger partial charge in [-0.1, -0.05) is 13.8 Å². The van der Waals surface area contributed by atoms with Crippen LogP contribution in [0.4, 0.5) is 0 Å². The molecule has 0 aromatic carbocycles. The third-order valence-electron chi connectivity index (χ3n) is 3.03.